The highest BCUT2D eigenvalue weighted by Gasteiger charge is 2.28. The molecule has 4 nitrogen and oxygen atoms in total. The van der Waals surface area contributed by atoms with E-state index in [2.05, 4.69) is 32.9 Å². The molecule has 0 radical (unpaired) electrons. The summed E-state index contributed by atoms with van der Waals surface area (Å²) in [5.41, 5.74) is 0. The highest BCUT2D eigenvalue weighted by atomic mass is 16.4. The van der Waals surface area contributed by atoms with Crippen LogP contribution in [0.2, 0.25) is 0 Å². The van der Waals surface area contributed by atoms with Crippen LogP contribution in [0.4, 0.5) is 0 Å². The number of nitrogens with zero attached hydrogens (tertiary/aromatic N) is 1. The topological polar surface area (TPSA) is 57.5 Å². The van der Waals surface area contributed by atoms with E-state index in [4.69, 9.17) is 5.11 Å². The second kappa shape index (κ2) is 10.8. The summed E-state index contributed by atoms with van der Waals surface area (Å²) in [7, 11) is 0. The van der Waals surface area contributed by atoms with E-state index >= 15 is 0 Å². The highest BCUT2D eigenvalue weighted by Crippen LogP contribution is 2.15. The fourth-order valence-electron chi connectivity index (χ4n) is 2.59. The molecule has 0 aromatic rings. The smallest absolute Gasteiger partial charge is 0.306 e. The van der Waals surface area contributed by atoms with E-state index < -0.39 is 5.97 Å². The molecule has 4 heteroatoms. The van der Waals surface area contributed by atoms with Crippen molar-refractivity contribution >= 4 is 5.97 Å². The Morgan fingerprint density at radius 3 is 2.24 bits per heavy atom. The Hall–Kier alpha value is -0.870. The zero-order valence-corrected chi connectivity index (χ0v) is 14.2. The van der Waals surface area contributed by atoms with E-state index in [1.54, 1.807) is 6.92 Å². The van der Waals surface area contributed by atoms with Crippen molar-refractivity contribution in [3.8, 4) is 0 Å². The van der Waals surface area contributed by atoms with Crippen LogP contribution in [-0.2, 0) is 4.79 Å². The van der Waals surface area contributed by atoms with Crippen LogP contribution in [0.3, 0.4) is 0 Å². The molecule has 21 heavy (non-hydrogen) atoms. The molecule has 2 atom stereocenters. The summed E-state index contributed by atoms with van der Waals surface area (Å²) in [6.07, 6.45) is 7.34. The number of hydrogen-bond donors (Lipinski definition) is 2. The molecule has 0 fully saturated rings. The largest absolute Gasteiger partial charge is 0.481 e. The third-order valence-corrected chi connectivity index (χ3v) is 4.47. The molecule has 0 spiro atoms. The van der Waals surface area contributed by atoms with Gasteiger partial charge in [-0.15, -0.1) is 0 Å². The predicted molar refractivity (Wildman–Crippen MR) is 87.2 cm³/mol. The summed E-state index contributed by atoms with van der Waals surface area (Å²) < 4.78 is 0.802. The Bertz CT molecular complexity index is 311. The van der Waals surface area contributed by atoms with Gasteiger partial charge in [-0.25, -0.2) is 0 Å². The number of rotatable bonds is 12. The van der Waals surface area contributed by atoms with Gasteiger partial charge in [-0.05, 0) is 33.1 Å². The number of carboxylic acid groups (broad SMARTS) is 1. The zero-order chi connectivity index (χ0) is 16.3. The van der Waals surface area contributed by atoms with Gasteiger partial charge in [0.25, 0.3) is 0 Å². The number of aliphatic hydroxyl groups excluding tert-OH is 1. The molecule has 0 aromatic heterocycles. The second-order valence-corrected chi connectivity index (χ2v) is 6.02. The number of carbonyl (C=O) groups is 1. The van der Waals surface area contributed by atoms with Gasteiger partial charge in [0, 0.05) is 6.42 Å². The maximum absolute atomic E-state index is 11.0. The zero-order valence-electron chi connectivity index (χ0n) is 14.2. The number of likely N-dealkylation sites (N-methyl/N-ethyl adjacent to an activating group) is 1. The van der Waals surface area contributed by atoms with E-state index in [1.807, 2.05) is 0 Å². The number of aliphatic carboxylic acids is 1. The number of carboxylic acids is 1. The number of allylic oxidation sites excluding steroid dienone is 2. The van der Waals surface area contributed by atoms with E-state index in [0.29, 0.717) is 6.42 Å². The van der Waals surface area contributed by atoms with Gasteiger partial charge >= 0.3 is 5.97 Å². The van der Waals surface area contributed by atoms with E-state index in [-0.39, 0.29) is 12.0 Å². The molecule has 0 heterocycles. The Kier molecular flexibility index (Phi) is 10.4. The molecule has 0 aliphatic rings. The lowest BCUT2D eigenvalue weighted by Crippen LogP contribution is -2.53. The molecule has 0 rings (SSSR count). The van der Waals surface area contributed by atoms with Crippen molar-refractivity contribution in [1.82, 2.24) is 0 Å². The van der Waals surface area contributed by atoms with E-state index in [0.717, 1.165) is 49.9 Å². The molecule has 2 N–H and O–H groups in total. The third kappa shape index (κ3) is 8.22. The molecular weight excluding hydrogens is 266 g/mol. The van der Waals surface area contributed by atoms with Crippen LogP contribution in [0, 0.1) is 5.92 Å². The van der Waals surface area contributed by atoms with Crippen LogP contribution < -0.4 is 0 Å². The second-order valence-electron chi connectivity index (χ2n) is 6.02. The normalized spacial score (nSPS) is 15.3. The average molecular weight is 300 g/mol. The minimum atomic E-state index is -0.731. The first-order chi connectivity index (χ1) is 9.90. The maximum atomic E-state index is 11.0. The number of hydrogen-bond acceptors (Lipinski definition) is 2. The summed E-state index contributed by atoms with van der Waals surface area (Å²) >= 11 is 0. The lowest BCUT2D eigenvalue weighted by Gasteiger charge is -2.39. The summed E-state index contributed by atoms with van der Waals surface area (Å²) in [6, 6.07) is 0. The van der Waals surface area contributed by atoms with Gasteiger partial charge in [0.1, 0.15) is 12.6 Å². The van der Waals surface area contributed by atoms with Crippen molar-refractivity contribution in [2.75, 3.05) is 26.2 Å². The molecule has 0 aliphatic carbocycles. The van der Waals surface area contributed by atoms with Crippen molar-refractivity contribution in [1.29, 1.82) is 0 Å². The first-order valence-electron chi connectivity index (χ1n) is 8.31. The fourth-order valence-corrected chi connectivity index (χ4v) is 2.59. The van der Waals surface area contributed by atoms with Crippen molar-refractivity contribution in [3.05, 3.63) is 12.2 Å². The van der Waals surface area contributed by atoms with Gasteiger partial charge in [-0.3, -0.25) is 4.79 Å². The predicted octanol–water partition coefficient (Wildman–Crippen LogP) is 3.06. The lowest BCUT2D eigenvalue weighted by atomic mass is 10.1. The molecule has 0 saturated heterocycles. The SMILES string of the molecule is CC/C=C/CCC(O)C[N+](CC)(CC)CCC(C)C(=O)O. The van der Waals surface area contributed by atoms with Crippen LogP contribution >= 0.6 is 0 Å². The van der Waals surface area contributed by atoms with Crippen molar-refractivity contribution in [2.24, 2.45) is 5.92 Å². The van der Waals surface area contributed by atoms with Crippen LogP contribution in [0.15, 0.2) is 12.2 Å². The summed E-state index contributed by atoms with van der Waals surface area (Å²) in [6.45, 7) is 11.5. The lowest BCUT2D eigenvalue weighted by molar-refractivity contribution is -0.928. The fraction of sp³-hybridized carbons (Fsp3) is 0.824. The molecule has 0 aliphatic heterocycles. The molecule has 0 saturated carbocycles. The maximum Gasteiger partial charge on any atom is 0.306 e. The summed E-state index contributed by atoms with van der Waals surface area (Å²) in [4.78, 5) is 11.0. The quantitative estimate of drug-likeness (QED) is 0.430. The van der Waals surface area contributed by atoms with Gasteiger partial charge in [0.15, 0.2) is 0 Å². The van der Waals surface area contributed by atoms with Gasteiger partial charge in [-0.1, -0.05) is 26.0 Å². The summed E-state index contributed by atoms with van der Waals surface area (Å²) in [5.74, 6) is -1.05. The van der Waals surface area contributed by atoms with E-state index in [1.165, 1.54) is 0 Å². The van der Waals surface area contributed by atoms with Crippen molar-refractivity contribution in [3.63, 3.8) is 0 Å². The van der Waals surface area contributed by atoms with Gasteiger partial charge in [-0.2, -0.15) is 0 Å². The van der Waals surface area contributed by atoms with Gasteiger partial charge in [0.05, 0.1) is 25.6 Å². The molecule has 0 bridgehead atoms. The molecule has 2 unspecified atom stereocenters. The molecule has 0 aromatic carbocycles. The van der Waals surface area contributed by atoms with Gasteiger partial charge < -0.3 is 14.7 Å². The van der Waals surface area contributed by atoms with Crippen LogP contribution in [-0.4, -0.2) is 52.9 Å². The van der Waals surface area contributed by atoms with Crippen molar-refractivity contribution in [2.45, 2.75) is 59.5 Å². The van der Waals surface area contributed by atoms with Crippen LogP contribution in [0.1, 0.15) is 53.4 Å². The number of aliphatic hydroxyl groups is 1. The molecule has 0 amide bonds. The van der Waals surface area contributed by atoms with Crippen molar-refractivity contribution < 1.29 is 19.5 Å². The Morgan fingerprint density at radius 2 is 1.76 bits per heavy atom. The average Bonchev–Trinajstić information content (AvgIpc) is 2.47. The van der Waals surface area contributed by atoms with Crippen LogP contribution in [0.25, 0.3) is 0 Å². The Morgan fingerprint density at radius 1 is 1.14 bits per heavy atom. The summed E-state index contributed by atoms with van der Waals surface area (Å²) in [5, 5.41) is 19.3. The highest BCUT2D eigenvalue weighted by molar-refractivity contribution is 5.69. The Labute approximate surface area is 130 Å². The number of quaternary nitrogens is 1. The minimum Gasteiger partial charge on any atom is -0.481 e. The molecule has 124 valence electrons. The third-order valence-electron chi connectivity index (χ3n) is 4.47. The standard InChI is InChI=1S/C17H33NO3/c1-5-8-9-10-11-16(19)14-18(6-2,7-3)13-12-15(4)17(20)21/h8-9,15-16,19H,5-7,10-14H2,1-4H3/p+1/b9-8+. The van der Waals surface area contributed by atoms with E-state index in [9.17, 15) is 9.90 Å². The van der Waals surface area contributed by atoms with Gasteiger partial charge in [0.2, 0.25) is 0 Å². The Balaban J connectivity index is 4.43. The first kappa shape index (κ1) is 20.1. The van der Waals surface area contributed by atoms with Crippen LogP contribution in [0.5, 0.6) is 0 Å². The monoisotopic (exact) mass is 300 g/mol. The first-order valence-corrected chi connectivity index (χ1v) is 8.31. The minimum absolute atomic E-state index is 0.313. The molecular formula is C17H34NO3+.